The lowest BCUT2D eigenvalue weighted by molar-refractivity contribution is -0.164. The fraction of sp³-hybridized carbons (Fsp3) is 0.362. The van der Waals surface area contributed by atoms with E-state index >= 15 is 0 Å². The van der Waals surface area contributed by atoms with Crippen molar-refractivity contribution in [2.24, 2.45) is 17.9 Å². The van der Waals surface area contributed by atoms with Crippen molar-refractivity contribution in [1.82, 2.24) is 29.7 Å². The molecular weight excluding hydrogens is 790 g/mol. The average molecular weight is 842 g/mol. The number of aryl methyl sites for hydroxylation is 1. The summed E-state index contributed by atoms with van der Waals surface area (Å²) in [5.74, 6) is 2.62. The molecule has 14 heteroatoms. The molecule has 5 heterocycles. The number of benzene rings is 3. The number of nitrogens with one attached hydrogen (secondary N) is 3. The Hall–Kier alpha value is -6.05. The van der Waals surface area contributed by atoms with Crippen molar-refractivity contribution in [3.8, 4) is 28.4 Å². The molecule has 9 rings (SSSR count). The molecule has 0 bridgehead atoms. The van der Waals surface area contributed by atoms with Crippen LogP contribution in [0.2, 0.25) is 5.02 Å². The number of amides is 1. The van der Waals surface area contributed by atoms with E-state index in [-0.39, 0.29) is 34.4 Å². The van der Waals surface area contributed by atoms with Crippen LogP contribution >= 0.6 is 11.6 Å². The smallest absolute Gasteiger partial charge is 0.274 e. The molecule has 0 spiro atoms. The Kier molecular flexibility index (Phi) is 10.4. The Morgan fingerprint density at radius 3 is 2.33 bits per heavy atom. The van der Waals surface area contributed by atoms with Gasteiger partial charge >= 0.3 is 0 Å². The third-order valence-corrected chi connectivity index (χ3v) is 13.2. The summed E-state index contributed by atoms with van der Waals surface area (Å²) in [5.41, 5.74) is 4.09. The summed E-state index contributed by atoms with van der Waals surface area (Å²) >= 11 is 6.42. The molecule has 13 nitrogen and oxygen atoms in total. The van der Waals surface area contributed by atoms with Gasteiger partial charge in [0.25, 0.3) is 11.5 Å². The zero-order valence-corrected chi connectivity index (χ0v) is 36.2. The van der Waals surface area contributed by atoms with Crippen LogP contribution in [0.4, 0.5) is 17.3 Å². The van der Waals surface area contributed by atoms with E-state index in [0.717, 1.165) is 78.7 Å². The number of rotatable bonds is 11. The third-order valence-electron chi connectivity index (χ3n) is 12.9. The lowest BCUT2D eigenvalue weighted by Crippen LogP contribution is -2.74. The zero-order chi connectivity index (χ0) is 42.6. The standard InChI is InChI=1S/C47H52ClN9O4/c1-46(2)43(47(3,4)44(46)61-33-14-15-38(49-5)37(48)23-33)53-41(58)29-24-51-45(52-25-29)56-20-18-55(19-21-56)31-26-57(27-31)30-10-9-11-32(22-30)60-39-13-8-7-12-34(39)36-28-54(6)42(59)40-35(36)16-17-50-40/h7-17,22-25,28,31,43-44,49-50H,18-21,26-27H2,1-6H3,(H,53,58). The van der Waals surface area contributed by atoms with Crippen LogP contribution in [0.25, 0.3) is 22.0 Å². The van der Waals surface area contributed by atoms with Crippen LogP contribution < -0.4 is 35.5 Å². The largest absolute Gasteiger partial charge is 0.489 e. The van der Waals surface area contributed by atoms with Crippen molar-refractivity contribution in [2.45, 2.75) is 45.9 Å². The minimum absolute atomic E-state index is 0.0643. The van der Waals surface area contributed by atoms with Crippen molar-refractivity contribution < 1.29 is 14.3 Å². The van der Waals surface area contributed by atoms with E-state index in [1.807, 2.05) is 73.9 Å². The molecule has 1 saturated carbocycles. The molecule has 3 aliphatic rings. The van der Waals surface area contributed by atoms with Crippen LogP contribution in [0.5, 0.6) is 17.2 Å². The molecule has 3 N–H and O–H groups in total. The molecule has 0 atom stereocenters. The first kappa shape index (κ1) is 40.4. The predicted molar refractivity (Wildman–Crippen MR) is 242 cm³/mol. The van der Waals surface area contributed by atoms with Crippen LogP contribution in [0, 0.1) is 10.8 Å². The van der Waals surface area contributed by atoms with Gasteiger partial charge in [-0.05, 0) is 36.4 Å². The molecule has 1 amide bonds. The topological polar surface area (TPSA) is 133 Å². The van der Waals surface area contributed by atoms with Gasteiger partial charge in [-0.2, -0.15) is 0 Å². The number of pyridine rings is 1. The Labute approximate surface area is 360 Å². The van der Waals surface area contributed by atoms with E-state index in [1.54, 1.807) is 30.2 Å². The van der Waals surface area contributed by atoms with Crippen molar-refractivity contribution in [3.63, 3.8) is 0 Å². The monoisotopic (exact) mass is 841 g/mol. The summed E-state index contributed by atoms with van der Waals surface area (Å²) in [5, 5.41) is 7.79. The van der Waals surface area contributed by atoms with Crippen LogP contribution in [-0.2, 0) is 7.05 Å². The number of ether oxygens (including phenoxy) is 2. The molecule has 2 saturated heterocycles. The minimum atomic E-state index is -0.333. The van der Waals surface area contributed by atoms with Crippen molar-refractivity contribution >= 4 is 45.7 Å². The summed E-state index contributed by atoms with van der Waals surface area (Å²) in [4.78, 5) is 45.7. The number of nitrogens with zero attached hydrogens (tertiary/aromatic N) is 6. The Bertz CT molecular complexity index is 2630. The molecule has 3 aromatic heterocycles. The maximum atomic E-state index is 13.5. The van der Waals surface area contributed by atoms with Gasteiger partial charge in [-0.15, -0.1) is 0 Å². The van der Waals surface area contributed by atoms with E-state index in [4.69, 9.17) is 21.1 Å². The van der Waals surface area contributed by atoms with E-state index in [1.165, 1.54) is 0 Å². The second-order valence-electron chi connectivity index (χ2n) is 17.6. The normalized spacial score (nSPS) is 19.9. The lowest BCUT2D eigenvalue weighted by atomic mass is 9.49. The molecule has 61 heavy (non-hydrogen) atoms. The number of carbonyl (C=O) groups excluding carboxylic acids is 1. The molecule has 316 valence electrons. The molecular formula is C47H52ClN9O4. The van der Waals surface area contributed by atoms with Gasteiger partial charge in [-0.25, -0.2) is 9.97 Å². The summed E-state index contributed by atoms with van der Waals surface area (Å²) in [6, 6.07) is 24.1. The zero-order valence-electron chi connectivity index (χ0n) is 35.4. The molecule has 2 aliphatic heterocycles. The Morgan fingerprint density at radius 2 is 1.61 bits per heavy atom. The van der Waals surface area contributed by atoms with E-state index in [9.17, 15) is 9.59 Å². The van der Waals surface area contributed by atoms with Crippen molar-refractivity contribution in [2.75, 3.05) is 61.4 Å². The molecule has 3 fully saturated rings. The predicted octanol–water partition coefficient (Wildman–Crippen LogP) is 7.43. The number of piperazine rings is 1. The van der Waals surface area contributed by atoms with E-state index < -0.39 is 0 Å². The summed E-state index contributed by atoms with van der Waals surface area (Å²) in [7, 11) is 3.60. The Balaban J connectivity index is 0.766. The third kappa shape index (κ3) is 7.43. The van der Waals surface area contributed by atoms with Crippen molar-refractivity contribution in [3.05, 3.63) is 119 Å². The number of aromatic amines is 1. The Morgan fingerprint density at radius 1 is 0.869 bits per heavy atom. The van der Waals surface area contributed by atoms with Gasteiger partial charge in [0, 0.05) is 135 Å². The van der Waals surface area contributed by atoms with E-state index in [2.05, 4.69) is 80.1 Å². The number of carbonyl (C=O) groups is 1. The quantitative estimate of drug-likeness (QED) is 0.121. The second kappa shape index (κ2) is 15.8. The molecule has 0 radical (unpaired) electrons. The van der Waals surface area contributed by atoms with Gasteiger partial charge in [-0.3, -0.25) is 14.5 Å². The number of anilines is 3. The summed E-state index contributed by atoms with van der Waals surface area (Å²) in [6.07, 6.45) is 6.79. The van der Waals surface area contributed by atoms with Crippen LogP contribution in [0.15, 0.2) is 102 Å². The number of aromatic nitrogens is 4. The van der Waals surface area contributed by atoms with Gasteiger partial charge in [0.1, 0.15) is 28.9 Å². The second-order valence-corrected chi connectivity index (χ2v) is 18.0. The maximum Gasteiger partial charge on any atom is 0.274 e. The first-order valence-corrected chi connectivity index (χ1v) is 21.2. The highest BCUT2D eigenvalue weighted by Crippen LogP contribution is 2.55. The number of para-hydroxylation sites is 1. The number of fused-ring (bicyclic) bond motifs is 1. The highest BCUT2D eigenvalue weighted by molar-refractivity contribution is 6.33. The first-order chi connectivity index (χ1) is 29.3. The molecule has 0 unspecified atom stereocenters. The maximum absolute atomic E-state index is 13.5. The molecule has 3 aromatic carbocycles. The summed E-state index contributed by atoms with van der Waals surface area (Å²) in [6.45, 7) is 13.8. The number of halogens is 1. The van der Waals surface area contributed by atoms with Crippen LogP contribution in [-0.4, -0.2) is 94.8 Å². The number of H-pyrrole nitrogens is 1. The van der Waals surface area contributed by atoms with Crippen LogP contribution in [0.3, 0.4) is 0 Å². The highest BCUT2D eigenvalue weighted by Gasteiger charge is 2.64. The average Bonchev–Trinajstić information content (AvgIpc) is 3.74. The van der Waals surface area contributed by atoms with Gasteiger partial charge in [0.15, 0.2) is 0 Å². The first-order valence-electron chi connectivity index (χ1n) is 20.9. The van der Waals surface area contributed by atoms with Gasteiger partial charge in [0.2, 0.25) is 5.95 Å². The van der Waals surface area contributed by atoms with Crippen LogP contribution in [0.1, 0.15) is 38.1 Å². The minimum Gasteiger partial charge on any atom is -0.489 e. The fourth-order valence-corrected chi connectivity index (χ4v) is 10.1. The number of hydrogen-bond donors (Lipinski definition) is 3. The SMILES string of the molecule is CNc1ccc(OC2C(C)(C)C(NC(=O)c3cnc(N4CCN(C5CN(c6cccc(Oc7ccccc7-c7cn(C)c(=O)c8[nH]ccc78)c6)C5)CC4)nc3)C2(C)C)cc1Cl. The summed E-state index contributed by atoms with van der Waals surface area (Å²) < 4.78 is 14.6. The molecule has 1 aliphatic carbocycles. The lowest BCUT2D eigenvalue weighted by Gasteiger charge is -2.63. The van der Waals surface area contributed by atoms with Crippen molar-refractivity contribution in [1.29, 1.82) is 0 Å². The highest BCUT2D eigenvalue weighted by atomic mass is 35.5. The fourth-order valence-electron chi connectivity index (χ4n) is 9.84. The molecule has 6 aromatic rings. The van der Waals surface area contributed by atoms with Gasteiger partial charge < -0.3 is 39.5 Å². The van der Waals surface area contributed by atoms with E-state index in [0.29, 0.717) is 33.8 Å². The van der Waals surface area contributed by atoms with Gasteiger partial charge in [0.05, 0.1) is 16.3 Å². The van der Waals surface area contributed by atoms with Gasteiger partial charge in [-0.1, -0.05) is 63.6 Å². The number of hydrogen-bond acceptors (Lipinski definition) is 10.